The molecule has 1 atom stereocenters. The summed E-state index contributed by atoms with van der Waals surface area (Å²) in [6.45, 7) is 5.67. The quantitative estimate of drug-likeness (QED) is 0.290. The third kappa shape index (κ3) is 7.71. The van der Waals surface area contributed by atoms with Crippen LogP contribution in [0.2, 0.25) is 0 Å². The molecule has 1 amide bonds. The number of benzene rings is 3. The van der Waals surface area contributed by atoms with E-state index in [0.29, 0.717) is 42.5 Å². The highest BCUT2D eigenvalue weighted by Gasteiger charge is 2.25. The van der Waals surface area contributed by atoms with Gasteiger partial charge in [-0.25, -0.2) is 0 Å². The van der Waals surface area contributed by atoms with Crippen molar-refractivity contribution in [3.8, 4) is 17.2 Å². The number of aliphatic hydroxyl groups excluding tert-OH is 1. The van der Waals surface area contributed by atoms with Gasteiger partial charge in [0.05, 0.1) is 26.0 Å². The Labute approximate surface area is 223 Å². The van der Waals surface area contributed by atoms with E-state index in [4.69, 9.17) is 18.9 Å². The first kappa shape index (κ1) is 27.4. The molecule has 3 aromatic rings. The average Bonchev–Trinajstić information content (AvgIpc) is 2.91. The molecular formula is C30H36N2O6. The molecule has 0 bridgehead atoms. The normalized spacial score (nSPS) is 13.7. The number of hydrogen-bond acceptors (Lipinski definition) is 7. The van der Waals surface area contributed by atoms with Gasteiger partial charge in [0.1, 0.15) is 30.0 Å². The number of anilines is 1. The number of rotatable bonds is 13. The molecule has 202 valence electrons. The minimum Gasteiger partial charge on any atom is -0.497 e. The van der Waals surface area contributed by atoms with Crippen LogP contribution in [0.25, 0.3) is 0 Å². The van der Waals surface area contributed by atoms with Crippen molar-refractivity contribution in [2.45, 2.75) is 38.5 Å². The van der Waals surface area contributed by atoms with Gasteiger partial charge in [-0.1, -0.05) is 42.5 Å². The molecule has 0 aliphatic carbocycles. The molecule has 1 aliphatic rings. The van der Waals surface area contributed by atoms with E-state index in [9.17, 15) is 9.90 Å². The number of carbonyl (C=O) groups excluding carboxylic acids is 1. The lowest BCUT2D eigenvalue weighted by Gasteiger charge is -2.27. The van der Waals surface area contributed by atoms with Crippen molar-refractivity contribution in [1.82, 2.24) is 5.32 Å². The molecule has 0 fully saturated rings. The Hall–Kier alpha value is -3.59. The van der Waals surface area contributed by atoms with E-state index >= 15 is 0 Å². The number of carbonyl (C=O) groups is 1. The minimum atomic E-state index is -0.952. The molecule has 3 aromatic carbocycles. The molecule has 38 heavy (non-hydrogen) atoms. The molecule has 1 heterocycles. The van der Waals surface area contributed by atoms with Gasteiger partial charge in [-0.2, -0.15) is 0 Å². The van der Waals surface area contributed by atoms with E-state index < -0.39 is 6.10 Å². The van der Waals surface area contributed by atoms with E-state index in [1.807, 2.05) is 42.5 Å². The maximum absolute atomic E-state index is 11.9. The molecule has 0 aromatic heterocycles. The van der Waals surface area contributed by atoms with Gasteiger partial charge in [0.2, 0.25) is 0 Å². The maximum atomic E-state index is 11.9. The summed E-state index contributed by atoms with van der Waals surface area (Å²) in [5, 5.41) is 17.3. The summed E-state index contributed by atoms with van der Waals surface area (Å²) in [6.07, 6.45) is -0.101. The van der Waals surface area contributed by atoms with E-state index in [0.717, 1.165) is 17.7 Å². The highest BCUT2D eigenvalue weighted by atomic mass is 16.5. The van der Waals surface area contributed by atoms with Gasteiger partial charge in [-0.05, 0) is 49.6 Å². The molecule has 1 aliphatic heterocycles. The molecule has 0 spiro atoms. The van der Waals surface area contributed by atoms with Gasteiger partial charge in [0, 0.05) is 23.7 Å². The summed E-state index contributed by atoms with van der Waals surface area (Å²) < 4.78 is 22.6. The van der Waals surface area contributed by atoms with Crippen LogP contribution in [0.4, 0.5) is 5.69 Å². The lowest BCUT2D eigenvalue weighted by Crippen LogP contribution is -2.43. The molecule has 0 saturated carbocycles. The molecule has 8 heteroatoms. The van der Waals surface area contributed by atoms with Crippen LogP contribution in [0.15, 0.2) is 66.7 Å². The summed E-state index contributed by atoms with van der Waals surface area (Å²) in [4.78, 5) is 11.9. The summed E-state index contributed by atoms with van der Waals surface area (Å²) in [6, 6.07) is 21.3. The van der Waals surface area contributed by atoms with Crippen LogP contribution in [0, 0.1) is 0 Å². The number of ether oxygens (including phenoxy) is 4. The number of hydrogen-bond donors (Lipinski definition) is 3. The van der Waals surface area contributed by atoms with Crippen LogP contribution < -0.4 is 24.8 Å². The molecule has 0 radical (unpaired) electrons. The Morgan fingerprint density at radius 3 is 2.55 bits per heavy atom. The van der Waals surface area contributed by atoms with Crippen LogP contribution in [-0.2, 0) is 22.6 Å². The van der Waals surface area contributed by atoms with Gasteiger partial charge in [0.25, 0.3) is 5.91 Å². The Morgan fingerprint density at radius 1 is 1.05 bits per heavy atom. The van der Waals surface area contributed by atoms with Crippen molar-refractivity contribution < 1.29 is 28.8 Å². The summed E-state index contributed by atoms with van der Waals surface area (Å²) in [5.74, 6) is 1.55. The first-order valence-electron chi connectivity index (χ1n) is 12.7. The van der Waals surface area contributed by atoms with Crippen LogP contribution >= 0.6 is 0 Å². The van der Waals surface area contributed by atoms with Gasteiger partial charge in [-0.15, -0.1) is 0 Å². The van der Waals surface area contributed by atoms with Crippen LogP contribution in [0.3, 0.4) is 0 Å². The van der Waals surface area contributed by atoms with Crippen LogP contribution in [0.5, 0.6) is 17.2 Å². The summed E-state index contributed by atoms with van der Waals surface area (Å²) >= 11 is 0. The molecular weight excluding hydrogens is 484 g/mol. The maximum Gasteiger partial charge on any atom is 0.262 e. The van der Waals surface area contributed by atoms with Gasteiger partial charge in [-0.3, -0.25) is 4.79 Å². The molecule has 0 saturated heterocycles. The zero-order valence-electron chi connectivity index (χ0n) is 22.2. The third-order valence-electron chi connectivity index (χ3n) is 6.25. The fraction of sp³-hybridized carbons (Fsp3) is 0.367. The lowest BCUT2D eigenvalue weighted by molar-refractivity contribution is -0.118. The average molecular weight is 521 g/mol. The standard InChI is InChI=1S/C30H36N2O6/c1-30(2,17-21-9-11-23(35-3)12-10-21)31-13-14-36-19-27(33)25-15-24(37-18-22-7-5-4-6-8-22)16-26-29(25)38-20-28(34)32-26/h4-12,15-16,27,31,33H,13-14,17-20H2,1-3H3,(H,32,34)/t27-/m0/s1. The topological polar surface area (TPSA) is 98.3 Å². The Morgan fingerprint density at radius 2 is 1.82 bits per heavy atom. The van der Waals surface area contributed by atoms with Crippen LogP contribution in [0.1, 0.15) is 36.6 Å². The second-order valence-electron chi connectivity index (χ2n) is 9.93. The minimum absolute atomic E-state index is 0.0759. The van der Waals surface area contributed by atoms with Crippen molar-refractivity contribution in [2.75, 3.05) is 38.8 Å². The summed E-state index contributed by atoms with van der Waals surface area (Å²) in [7, 11) is 1.66. The Kier molecular flexibility index (Phi) is 9.23. The smallest absolute Gasteiger partial charge is 0.262 e. The molecule has 3 N–H and O–H groups in total. The van der Waals surface area contributed by atoms with E-state index in [1.165, 1.54) is 5.56 Å². The number of nitrogens with one attached hydrogen (secondary N) is 2. The first-order valence-corrected chi connectivity index (χ1v) is 12.7. The van der Waals surface area contributed by atoms with Crippen molar-refractivity contribution in [3.63, 3.8) is 0 Å². The van der Waals surface area contributed by atoms with Gasteiger partial charge >= 0.3 is 0 Å². The first-order chi connectivity index (χ1) is 18.3. The van der Waals surface area contributed by atoms with Crippen molar-refractivity contribution >= 4 is 11.6 Å². The van der Waals surface area contributed by atoms with Crippen molar-refractivity contribution in [3.05, 3.63) is 83.4 Å². The number of methoxy groups -OCH3 is 1. The summed E-state index contributed by atoms with van der Waals surface area (Å²) in [5.41, 5.74) is 3.08. The van der Waals surface area contributed by atoms with Gasteiger partial charge in [0.15, 0.2) is 6.61 Å². The van der Waals surface area contributed by atoms with E-state index in [2.05, 4.69) is 36.6 Å². The molecule has 8 nitrogen and oxygen atoms in total. The molecule has 0 unspecified atom stereocenters. The highest BCUT2D eigenvalue weighted by molar-refractivity contribution is 5.96. The lowest BCUT2D eigenvalue weighted by atomic mass is 9.95. The fourth-order valence-corrected chi connectivity index (χ4v) is 4.34. The van der Waals surface area contributed by atoms with Gasteiger partial charge < -0.3 is 34.7 Å². The number of fused-ring (bicyclic) bond motifs is 1. The zero-order valence-corrected chi connectivity index (χ0v) is 22.2. The number of amides is 1. The molecule has 4 rings (SSSR count). The highest BCUT2D eigenvalue weighted by Crippen LogP contribution is 2.39. The predicted octanol–water partition coefficient (Wildman–Crippen LogP) is 4.27. The fourth-order valence-electron chi connectivity index (χ4n) is 4.34. The monoisotopic (exact) mass is 520 g/mol. The second-order valence-corrected chi connectivity index (χ2v) is 9.93. The second kappa shape index (κ2) is 12.8. The SMILES string of the molecule is COc1ccc(CC(C)(C)NCCOC[C@H](O)c2cc(OCc3ccccc3)cc3c2OCC(=O)N3)cc1. The van der Waals surface area contributed by atoms with Crippen molar-refractivity contribution in [1.29, 1.82) is 0 Å². The predicted molar refractivity (Wildman–Crippen MR) is 146 cm³/mol. The zero-order chi connectivity index (χ0) is 27.0. The third-order valence-corrected chi connectivity index (χ3v) is 6.25. The largest absolute Gasteiger partial charge is 0.497 e. The van der Waals surface area contributed by atoms with E-state index in [-0.39, 0.29) is 24.7 Å². The Bertz CT molecular complexity index is 1200. The Balaban J connectivity index is 1.31. The van der Waals surface area contributed by atoms with Crippen LogP contribution in [-0.4, -0.2) is 50.0 Å². The number of aliphatic hydroxyl groups is 1. The van der Waals surface area contributed by atoms with Crippen molar-refractivity contribution in [2.24, 2.45) is 0 Å². The van der Waals surface area contributed by atoms with E-state index in [1.54, 1.807) is 19.2 Å².